The number of benzene rings is 1. The fourth-order valence-corrected chi connectivity index (χ4v) is 5.46. The van der Waals surface area contributed by atoms with Crippen molar-refractivity contribution in [2.75, 3.05) is 11.4 Å². The maximum atomic E-state index is 13.1. The Morgan fingerprint density at radius 3 is 2.89 bits per heavy atom. The average Bonchev–Trinajstić information content (AvgIpc) is 2.83. The standard InChI is InChI=1S/C20H21N3O2S2/c1-12-8-9-23(15-6-4-5-7-16(15)26-12)17(24)10-22-11-21-19-18(20(22)25)13(2)14(3)27-19/h4-7,11-12H,8-10H2,1-3H3/t12-/m0/s1. The molecule has 7 heteroatoms. The second-order valence-corrected chi connectivity index (χ2v) is 9.55. The molecule has 0 saturated heterocycles. The number of fused-ring (bicyclic) bond motifs is 2. The van der Waals surface area contributed by atoms with Crippen LogP contribution in [0.4, 0.5) is 5.69 Å². The molecule has 0 radical (unpaired) electrons. The van der Waals surface area contributed by atoms with Gasteiger partial charge in [0, 0.05) is 21.6 Å². The maximum absolute atomic E-state index is 13.1. The van der Waals surface area contributed by atoms with E-state index in [1.54, 1.807) is 11.8 Å². The van der Waals surface area contributed by atoms with E-state index in [2.05, 4.69) is 18.0 Å². The van der Waals surface area contributed by atoms with Gasteiger partial charge in [0.05, 0.1) is 17.4 Å². The van der Waals surface area contributed by atoms with Crippen molar-refractivity contribution in [1.82, 2.24) is 9.55 Å². The van der Waals surface area contributed by atoms with Crippen molar-refractivity contribution in [2.45, 2.75) is 43.9 Å². The third-order valence-corrected chi connectivity index (χ3v) is 7.36. The van der Waals surface area contributed by atoms with E-state index >= 15 is 0 Å². The molecule has 0 N–H and O–H groups in total. The summed E-state index contributed by atoms with van der Waals surface area (Å²) in [6.45, 7) is 6.77. The predicted octanol–water partition coefficient (Wildman–Crippen LogP) is 3.99. The fourth-order valence-electron chi connectivity index (χ4n) is 3.36. The summed E-state index contributed by atoms with van der Waals surface area (Å²) in [4.78, 5) is 35.2. The van der Waals surface area contributed by atoms with Crippen LogP contribution in [0.5, 0.6) is 0 Å². The largest absolute Gasteiger partial charge is 0.310 e. The van der Waals surface area contributed by atoms with E-state index in [4.69, 9.17) is 0 Å². The second kappa shape index (κ2) is 7.13. The van der Waals surface area contributed by atoms with Gasteiger partial charge in [-0.15, -0.1) is 23.1 Å². The van der Waals surface area contributed by atoms with Crippen LogP contribution in [-0.2, 0) is 11.3 Å². The predicted molar refractivity (Wildman–Crippen MR) is 112 cm³/mol. The molecule has 0 saturated carbocycles. The number of anilines is 1. The van der Waals surface area contributed by atoms with Crippen LogP contribution in [0.2, 0.25) is 0 Å². The summed E-state index contributed by atoms with van der Waals surface area (Å²) in [6.07, 6.45) is 2.42. The number of amides is 1. The Balaban J connectivity index is 1.69. The molecule has 27 heavy (non-hydrogen) atoms. The number of aromatic nitrogens is 2. The zero-order chi connectivity index (χ0) is 19.1. The van der Waals surface area contributed by atoms with Crippen LogP contribution in [-0.4, -0.2) is 27.3 Å². The summed E-state index contributed by atoms with van der Waals surface area (Å²) in [5.74, 6) is -0.0787. The van der Waals surface area contributed by atoms with Crippen molar-refractivity contribution in [3.63, 3.8) is 0 Å². The quantitative estimate of drug-likeness (QED) is 0.654. The molecule has 1 aliphatic rings. The van der Waals surface area contributed by atoms with Crippen molar-refractivity contribution in [3.05, 3.63) is 51.4 Å². The summed E-state index contributed by atoms with van der Waals surface area (Å²) in [6, 6.07) is 7.98. The normalized spacial score (nSPS) is 17.0. The van der Waals surface area contributed by atoms with Crippen LogP contribution in [0.15, 0.2) is 40.3 Å². The van der Waals surface area contributed by atoms with E-state index in [0.717, 1.165) is 32.3 Å². The SMILES string of the molecule is Cc1sc2ncn(CC(=O)N3CC[C@H](C)Sc4ccccc43)c(=O)c2c1C. The van der Waals surface area contributed by atoms with E-state index in [0.29, 0.717) is 17.2 Å². The molecule has 140 valence electrons. The zero-order valence-electron chi connectivity index (χ0n) is 15.6. The van der Waals surface area contributed by atoms with Crippen LogP contribution < -0.4 is 10.5 Å². The molecule has 3 heterocycles. The lowest BCUT2D eigenvalue weighted by atomic mass is 10.2. The van der Waals surface area contributed by atoms with Crippen LogP contribution in [0.3, 0.4) is 0 Å². The van der Waals surface area contributed by atoms with Gasteiger partial charge in [0.25, 0.3) is 5.56 Å². The lowest BCUT2D eigenvalue weighted by molar-refractivity contribution is -0.119. The van der Waals surface area contributed by atoms with Gasteiger partial charge in [-0.3, -0.25) is 14.2 Å². The van der Waals surface area contributed by atoms with Crippen molar-refractivity contribution in [1.29, 1.82) is 0 Å². The summed E-state index contributed by atoms with van der Waals surface area (Å²) in [5.41, 5.74) is 1.75. The molecular formula is C20H21N3O2S2. The Kier molecular flexibility index (Phi) is 4.82. The number of rotatable bonds is 2. The first kappa shape index (κ1) is 18.3. The second-order valence-electron chi connectivity index (χ2n) is 6.87. The van der Waals surface area contributed by atoms with Gasteiger partial charge in [-0.25, -0.2) is 4.98 Å². The van der Waals surface area contributed by atoms with E-state index in [9.17, 15) is 9.59 Å². The third kappa shape index (κ3) is 3.30. The van der Waals surface area contributed by atoms with Crippen molar-refractivity contribution in [3.8, 4) is 0 Å². The Hall–Kier alpha value is -2.12. The van der Waals surface area contributed by atoms with E-state index in [-0.39, 0.29) is 18.0 Å². The molecular weight excluding hydrogens is 378 g/mol. The zero-order valence-corrected chi connectivity index (χ0v) is 17.2. The number of carbonyl (C=O) groups is 1. The summed E-state index contributed by atoms with van der Waals surface area (Å²) in [5, 5.41) is 1.08. The topological polar surface area (TPSA) is 55.2 Å². The van der Waals surface area contributed by atoms with Crippen molar-refractivity contribution >= 4 is 44.9 Å². The van der Waals surface area contributed by atoms with Gasteiger partial charge in [-0.2, -0.15) is 0 Å². The highest BCUT2D eigenvalue weighted by Gasteiger charge is 2.25. The van der Waals surface area contributed by atoms with Gasteiger partial charge in [0.1, 0.15) is 11.4 Å². The minimum absolute atomic E-state index is 0.00346. The first-order valence-corrected chi connectivity index (χ1v) is 10.7. The number of thioether (sulfide) groups is 1. The molecule has 0 bridgehead atoms. The van der Waals surface area contributed by atoms with Gasteiger partial charge in [-0.05, 0) is 38.0 Å². The Morgan fingerprint density at radius 1 is 1.30 bits per heavy atom. The van der Waals surface area contributed by atoms with Crippen molar-refractivity contribution < 1.29 is 4.79 Å². The first-order valence-electron chi connectivity index (χ1n) is 8.97. The average molecular weight is 400 g/mol. The molecule has 4 rings (SSSR count). The molecule has 1 amide bonds. The summed E-state index contributed by atoms with van der Waals surface area (Å²) in [7, 11) is 0. The molecule has 0 spiro atoms. The Labute approximate surface area is 166 Å². The van der Waals surface area contributed by atoms with Crippen LogP contribution in [0.25, 0.3) is 10.2 Å². The number of hydrogen-bond donors (Lipinski definition) is 0. The first-order chi connectivity index (χ1) is 13.0. The van der Waals surface area contributed by atoms with E-state index in [1.165, 1.54) is 22.2 Å². The smallest absolute Gasteiger partial charge is 0.262 e. The third-order valence-electron chi connectivity index (χ3n) is 5.01. The number of carbonyl (C=O) groups excluding carboxylic acids is 1. The molecule has 5 nitrogen and oxygen atoms in total. The number of thiophene rings is 1. The highest BCUT2D eigenvalue weighted by atomic mass is 32.2. The van der Waals surface area contributed by atoms with Gasteiger partial charge >= 0.3 is 0 Å². The van der Waals surface area contributed by atoms with Crippen LogP contribution in [0.1, 0.15) is 23.8 Å². The fraction of sp³-hybridized carbons (Fsp3) is 0.350. The van der Waals surface area contributed by atoms with Gasteiger partial charge in [0.2, 0.25) is 5.91 Å². The molecule has 0 unspecified atom stereocenters. The number of hydrogen-bond acceptors (Lipinski definition) is 5. The molecule has 3 aromatic rings. The molecule has 1 aliphatic heterocycles. The highest BCUT2D eigenvalue weighted by molar-refractivity contribution is 8.00. The molecule has 1 atom stereocenters. The minimum atomic E-state index is -0.138. The van der Waals surface area contributed by atoms with Crippen LogP contribution >= 0.6 is 23.1 Å². The molecule has 2 aromatic heterocycles. The number of aryl methyl sites for hydroxylation is 2. The summed E-state index contributed by atoms with van der Waals surface area (Å²) < 4.78 is 1.44. The van der Waals surface area contributed by atoms with Gasteiger partial charge in [0.15, 0.2) is 0 Å². The Morgan fingerprint density at radius 2 is 2.07 bits per heavy atom. The van der Waals surface area contributed by atoms with Crippen molar-refractivity contribution in [2.24, 2.45) is 0 Å². The van der Waals surface area contributed by atoms with Gasteiger partial charge < -0.3 is 4.90 Å². The van der Waals surface area contributed by atoms with E-state index < -0.39 is 0 Å². The minimum Gasteiger partial charge on any atom is -0.310 e. The van der Waals surface area contributed by atoms with E-state index in [1.807, 2.05) is 36.9 Å². The highest BCUT2D eigenvalue weighted by Crippen LogP contribution is 2.37. The maximum Gasteiger partial charge on any atom is 0.262 e. The monoisotopic (exact) mass is 399 g/mol. The lowest BCUT2D eigenvalue weighted by Crippen LogP contribution is -2.37. The van der Waals surface area contributed by atoms with Crippen LogP contribution in [0, 0.1) is 13.8 Å². The summed E-state index contributed by atoms with van der Waals surface area (Å²) >= 11 is 3.32. The molecule has 1 aromatic carbocycles. The number of nitrogens with zero attached hydrogens (tertiary/aromatic N) is 3. The Bertz CT molecular complexity index is 1090. The molecule has 0 fully saturated rings. The van der Waals surface area contributed by atoms with Gasteiger partial charge in [-0.1, -0.05) is 19.1 Å². The lowest BCUT2D eigenvalue weighted by Gasteiger charge is -2.22. The number of para-hydroxylation sites is 1. The molecule has 0 aliphatic carbocycles.